The SMILES string of the molecule is Cc1cccc(NCCOc2ccc(F)cc2C)c1. The number of nitrogens with one attached hydrogen (secondary N) is 1. The molecule has 0 heterocycles. The van der Waals surface area contributed by atoms with Crippen molar-refractivity contribution in [1.29, 1.82) is 0 Å². The second-order valence-corrected chi connectivity index (χ2v) is 4.55. The van der Waals surface area contributed by atoms with E-state index in [2.05, 4.69) is 24.4 Å². The van der Waals surface area contributed by atoms with E-state index in [1.165, 1.54) is 17.7 Å². The number of ether oxygens (including phenoxy) is 1. The van der Waals surface area contributed by atoms with Crippen LogP contribution in [0.5, 0.6) is 5.75 Å². The first-order chi connectivity index (χ1) is 9.15. The maximum atomic E-state index is 12.9. The van der Waals surface area contributed by atoms with Crippen LogP contribution in [-0.2, 0) is 0 Å². The minimum Gasteiger partial charge on any atom is -0.491 e. The Morgan fingerprint density at radius 2 is 1.95 bits per heavy atom. The molecule has 0 aliphatic rings. The molecule has 0 spiro atoms. The van der Waals surface area contributed by atoms with Gasteiger partial charge in [0.2, 0.25) is 0 Å². The number of benzene rings is 2. The summed E-state index contributed by atoms with van der Waals surface area (Å²) < 4.78 is 18.5. The number of aryl methyl sites for hydroxylation is 2. The topological polar surface area (TPSA) is 21.3 Å². The minimum atomic E-state index is -0.234. The zero-order valence-corrected chi connectivity index (χ0v) is 11.2. The third kappa shape index (κ3) is 3.98. The molecule has 0 fully saturated rings. The van der Waals surface area contributed by atoms with Gasteiger partial charge < -0.3 is 10.1 Å². The van der Waals surface area contributed by atoms with Crippen LogP contribution in [0.15, 0.2) is 42.5 Å². The molecule has 1 N–H and O–H groups in total. The molecule has 0 bridgehead atoms. The van der Waals surface area contributed by atoms with Gasteiger partial charge in [-0.05, 0) is 55.3 Å². The molecule has 0 atom stereocenters. The second-order valence-electron chi connectivity index (χ2n) is 4.55. The summed E-state index contributed by atoms with van der Waals surface area (Å²) in [6.07, 6.45) is 0. The summed E-state index contributed by atoms with van der Waals surface area (Å²) in [5.74, 6) is 0.496. The predicted octanol–water partition coefficient (Wildman–Crippen LogP) is 3.93. The Labute approximate surface area is 113 Å². The zero-order valence-electron chi connectivity index (χ0n) is 11.2. The maximum absolute atomic E-state index is 12.9. The van der Waals surface area contributed by atoms with Crippen molar-refractivity contribution in [2.45, 2.75) is 13.8 Å². The molecule has 0 saturated heterocycles. The zero-order chi connectivity index (χ0) is 13.7. The Morgan fingerprint density at radius 1 is 1.11 bits per heavy atom. The van der Waals surface area contributed by atoms with Gasteiger partial charge in [0.05, 0.1) is 0 Å². The number of hydrogen-bond donors (Lipinski definition) is 1. The van der Waals surface area contributed by atoms with Gasteiger partial charge in [-0.2, -0.15) is 0 Å². The number of hydrogen-bond acceptors (Lipinski definition) is 2. The molecule has 100 valence electrons. The fraction of sp³-hybridized carbons (Fsp3) is 0.250. The van der Waals surface area contributed by atoms with Gasteiger partial charge in [-0.3, -0.25) is 0 Å². The van der Waals surface area contributed by atoms with Gasteiger partial charge in [-0.15, -0.1) is 0 Å². The predicted molar refractivity (Wildman–Crippen MR) is 76.3 cm³/mol. The van der Waals surface area contributed by atoms with Gasteiger partial charge in [0, 0.05) is 12.2 Å². The van der Waals surface area contributed by atoms with Crippen LogP contribution in [0.4, 0.5) is 10.1 Å². The molecule has 2 rings (SSSR count). The molecule has 0 amide bonds. The van der Waals surface area contributed by atoms with Crippen molar-refractivity contribution in [3.05, 3.63) is 59.4 Å². The Hall–Kier alpha value is -2.03. The lowest BCUT2D eigenvalue weighted by Crippen LogP contribution is -2.12. The van der Waals surface area contributed by atoms with Crippen molar-refractivity contribution < 1.29 is 9.13 Å². The molecular formula is C16H18FNO. The van der Waals surface area contributed by atoms with Crippen LogP contribution in [0.2, 0.25) is 0 Å². The molecule has 2 nitrogen and oxygen atoms in total. The number of anilines is 1. The van der Waals surface area contributed by atoms with Gasteiger partial charge in [0.1, 0.15) is 18.2 Å². The molecule has 0 aliphatic heterocycles. The normalized spacial score (nSPS) is 10.3. The fourth-order valence-corrected chi connectivity index (χ4v) is 1.89. The molecule has 2 aromatic rings. The van der Waals surface area contributed by atoms with Gasteiger partial charge in [-0.1, -0.05) is 12.1 Å². The van der Waals surface area contributed by atoms with E-state index < -0.39 is 0 Å². The van der Waals surface area contributed by atoms with Crippen molar-refractivity contribution in [2.75, 3.05) is 18.5 Å². The lowest BCUT2D eigenvalue weighted by molar-refractivity contribution is 0.330. The monoisotopic (exact) mass is 259 g/mol. The summed E-state index contributed by atoms with van der Waals surface area (Å²) in [6, 6.07) is 12.7. The highest BCUT2D eigenvalue weighted by molar-refractivity contribution is 5.45. The summed E-state index contributed by atoms with van der Waals surface area (Å²) in [6.45, 7) is 5.15. The van der Waals surface area contributed by atoms with Crippen LogP contribution in [0, 0.1) is 19.7 Å². The van der Waals surface area contributed by atoms with Crippen molar-refractivity contribution in [2.24, 2.45) is 0 Å². The third-order valence-electron chi connectivity index (χ3n) is 2.84. The van der Waals surface area contributed by atoms with E-state index >= 15 is 0 Å². The van der Waals surface area contributed by atoms with Crippen molar-refractivity contribution in [1.82, 2.24) is 0 Å². The van der Waals surface area contributed by atoms with Crippen LogP contribution in [0.25, 0.3) is 0 Å². The Kier molecular flexibility index (Phi) is 4.39. The van der Waals surface area contributed by atoms with E-state index in [1.54, 1.807) is 6.07 Å². The molecule has 0 aromatic heterocycles. The summed E-state index contributed by atoms with van der Waals surface area (Å²) in [7, 11) is 0. The molecular weight excluding hydrogens is 241 g/mol. The van der Waals surface area contributed by atoms with Crippen LogP contribution < -0.4 is 10.1 Å². The van der Waals surface area contributed by atoms with E-state index in [9.17, 15) is 4.39 Å². The molecule has 2 aromatic carbocycles. The highest BCUT2D eigenvalue weighted by atomic mass is 19.1. The third-order valence-corrected chi connectivity index (χ3v) is 2.84. The van der Waals surface area contributed by atoms with E-state index in [0.717, 1.165) is 17.0 Å². The summed E-state index contributed by atoms with van der Waals surface area (Å²) in [5.41, 5.74) is 3.12. The first kappa shape index (κ1) is 13.4. The largest absolute Gasteiger partial charge is 0.491 e. The van der Waals surface area contributed by atoms with Crippen molar-refractivity contribution in [3.63, 3.8) is 0 Å². The highest BCUT2D eigenvalue weighted by Gasteiger charge is 2.00. The summed E-state index contributed by atoms with van der Waals surface area (Å²) in [5, 5.41) is 3.29. The lowest BCUT2D eigenvalue weighted by Gasteiger charge is -2.11. The van der Waals surface area contributed by atoms with Crippen LogP contribution in [0.1, 0.15) is 11.1 Å². The maximum Gasteiger partial charge on any atom is 0.123 e. The van der Waals surface area contributed by atoms with Crippen molar-refractivity contribution in [3.8, 4) is 5.75 Å². The van der Waals surface area contributed by atoms with Gasteiger partial charge in [0.25, 0.3) is 0 Å². The quantitative estimate of drug-likeness (QED) is 0.821. The lowest BCUT2D eigenvalue weighted by atomic mass is 10.2. The van der Waals surface area contributed by atoms with E-state index in [0.29, 0.717) is 13.2 Å². The Bertz CT molecular complexity index is 554. The van der Waals surface area contributed by atoms with Gasteiger partial charge in [-0.25, -0.2) is 4.39 Å². The minimum absolute atomic E-state index is 0.234. The van der Waals surface area contributed by atoms with Crippen LogP contribution in [-0.4, -0.2) is 13.2 Å². The summed E-state index contributed by atoms with van der Waals surface area (Å²) >= 11 is 0. The van der Waals surface area contributed by atoms with Crippen LogP contribution >= 0.6 is 0 Å². The van der Waals surface area contributed by atoms with E-state index in [1.807, 2.05) is 19.1 Å². The summed E-state index contributed by atoms with van der Waals surface area (Å²) in [4.78, 5) is 0. The van der Waals surface area contributed by atoms with Gasteiger partial charge >= 0.3 is 0 Å². The first-order valence-electron chi connectivity index (χ1n) is 6.34. The molecule has 0 aliphatic carbocycles. The molecule has 0 saturated carbocycles. The highest BCUT2D eigenvalue weighted by Crippen LogP contribution is 2.18. The average Bonchev–Trinajstić information content (AvgIpc) is 2.37. The standard InChI is InChI=1S/C16H18FNO/c1-12-4-3-5-15(10-12)18-8-9-19-16-7-6-14(17)11-13(16)2/h3-7,10-11,18H,8-9H2,1-2H3. The Morgan fingerprint density at radius 3 is 2.68 bits per heavy atom. The Balaban J connectivity index is 1.81. The number of halogens is 1. The molecule has 0 radical (unpaired) electrons. The smallest absolute Gasteiger partial charge is 0.123 e. The fourth-order valence-electron chi connectivity index (χ4n) is 1.89. The van der Waals surface area contributed by atoms with E-state index in [-0.39, 0.29) is 5.82 Å². The van der Waals surface area contributed by atoms with Gasteiger partial charge in [0.15, 0.2) is 0 Å². The number of rotatable bonds is 5. The van der Waals surface area contributed by atoms with Crippen molar-refractivity contribution >= 4 is 5.69 Å². The molecule has 0 unspecified atom stereocenters. The van der Waals surface area contributed by atoms with E-state index in [4.69, 9.17) is 4.74 Å². The molecule has 3 heteroatoms. The first-order valence-corrected chi connectivity index (χ1v) is 6.34. The molecule has 19 heavy (non-hydrogen) atoms. The second kappa shape index (κ2) is 6.23. The average molecular weight is 259 g/mol. The van der Waals surface area contributed by atoms with Crippen LogP contribution in [0.3, 0.4) is 0 Å².